The van der Waals surface area contributed by atoms with E-state index in [0.29, 0.717) is 0 Å². The van der Waals surface area contributed by atoms with Crippen LogP contribution in [0.5, 0.6) is 0 Å². The summed E-state index contributed by atoms with van der Waals surface area (Å²) in [5, 5.41) is 7.29. The Morgan fingerprint density at radius 1 is 0.423 bits per heavy atom. The lowest BCUT2D eigenvalue weighted by Gasteiger charge is -2.27. The Kier molecular flexibility index (Phi) is 6.42. The molecule has 52 heavy (non-hydrogen) atoms. The van der Waals surface area contributed by atoms with E-state index in [0.717, 1.165) is 50.2 Å². The van der Waals surface area contributed by atoms with E-state index in [1.807, 2.05) is 17.4 Å². The van der Waals surface area contributed by atoms with Crippen LogP contribution in [0.1, 0.15) is 0 Å². The standard InChI is InChI=1S/C48H30N2OS/c1-2-11-33(12-3-1)50-41-16-7-4-13-36(41)37-27-26-35(30-43(37)50)49(42-17-10-19-45-48(42)39-15-5-8-18-44(39)51-45)34-24-21-31(22-25-34)32-23-28-47-40(29-32)38-14-6-9-20-46(38)52-47/h1-30H. The van der Waals surface area contributed by atoms with E-state index in [2.05, 4.69) is 185 Å². The van der Waals surface area contributed by atoms with Crippen LogP contribution in [0.4, 0.5) is 17.1 Å². The summed E-state index contributed by atoms with van der Waals surface area (Å²) in [6.07, 6.45) is 0. The Bertz CT molecular complexity index is 3130. The van der Waals surface area contributed by atoms with Gasteiger partial charge in [0.1, 0.15) is 11.2 Å². The Balaban J connectivity index is 1.13. The first-order valence-corrected chi connectivity index (χ1v) is 18.4. The van der Waals surface area contributed by atoms with Crippen molar-refractivity contribution in [2.24, 2.45) is 0 Å². The van der Waals surface area contributed by atoms with Gasteiger partial charge in [0.25, 0.3) is 0 Å². The number of thiophene rings is 1. The van der Waals surface area contributed by atoms with Crippen LogP contribution in [0.25, 0.3) is 80.7 Å². The van der Waals surface area contributed by atoms with Gasteiger partial charge in [-0.25, -0.2) is 0 Å². The zero-order valence-corrected chi connectivity index (χ0v) is 28.8. The van der Waals surface area contributed by atoms with Gasteiger partial charge in [-0.1, -0.05) is 103 Å². The molecular weight excluding hydrogens is 653 g/mol. The number of hydrogen-bond donors (Lipinski definition) is 0. The van der Waals surface area contributed by atoms with Crippen LogP contribution in [-0.4, -0.2) is 4.57 Å². The van der Waals surface area contributed by atoms with Crippen molar-refractivity contribution in [2.45, 2.75) is 0 Å². The van der Waals surface area contributed by atoms with Gasteiger partial charge in [0, 0.05) is 53.4 Å². The highest BCUT2D eigenvalue weighted by molar-refractivity contribution is 7.25. The second-order valence-corrected chi connectivity index (χ2v) is 14.4. The molecule has 8 aromatic carbocycles. The Morgan fingerprint density at radius 2 is 1.10 bits per heavy atom. The molecule has 3 heterocycles. The normalized spacial score (nSPS) is 11.8. The fourth-order valence-corrected chi connectivity index (χ4v) is 9.12. The first-order chi connectivity index (χ1) is 25.8. The predicted molar refractivity (Wildman–Crippen MR) is 221 cm³/mol. The summed E-state index contributed by atoms with van der Waals surface area (Å²) >= 11 is 1.85. The molecule has 0 radical (unpaired) electrons. The first kappa shape index (κ1) is 29.1. The molecule has 0 aliphatic carbocycles. The Hall–Kier alpha value is -6.62. The monoisotopic (exact) mass is 682 g/mol. The number of fused-ring (bicyclic) bond motifs is 9. The minimum absolute atomic E-state index is 0.871. The second kappa shape index (κ2) is 11.5. The van der Waals surface area contributed by atoms with Crippen LogP contribution in [0.3, 0.4) is 0 Å². The molecule has 0 amide bonds. The third-order valence-corrected chi connectivity index (χ3v) is 11.5. The molecule has 0 aliphatic rings. The van der Waals surface area contributed by atoms with E-state index >= 15 is 0 Å². The van der Waals surface area contributed by atoms with Gasteiger partial charge in [0.15, 0.2) is 0 Å². The average molecular weight is 683 g/mol. The number of benzene rings is 8. The summed E-state index contributed by atoms with van der Waals surface area (Å²) in [5.74, 6) is 0. The fourth-order valence-electron chi connectivity index (χ4n) is 8.03. The van der Waals surface area contributed by atoms with E-state index in [4.69, 9.17) is 4.42 Å². The predicted octanol–water partition coefficient (Wildman–Crippen LogP) is 14.2. The highest BCUT2D eigenvalue weighted by Crippen LogP contribution is 2.45. The zero-order chi connectivity index (χ0) is 34.2. The number of furan rings is 1. The lowest BCUT2D eigenvalue weighted by Crippen LogP contribution is -2.10. The molecule has 0 saturated carbocycles. The van der Waals surface area contributed by atoms with Gasteiger partial charge in [-0.2, -0.15) is 0 Å². The van der Waals surface area contributed by atoms with Gasteiger partial charge < -0.3 is 13.9 Å². The summed E-state index contributed by atoms with van der Waals surface area (Å²) < 4.78 is 11.4. The minimum atomic E-state index is 0.871. The lowest BCUT2D eigenvalue weighted by molar-refractivity contribution is 0.669. The summed E-state index contributed by atoms with van der Waals surface area (Å²) in [6, 6.07) is 65.5. The van der Waals surface area contributed by atoms with Crippen molar-refractivity contribution in [3.8, 4) is 16.8 Å². The van der Waals surface area contributed by atoms with Crippen LogP contribution >= 0.6 is 11.3 Å². The molecule has 0 atom stereocenters. The lowest BCUT2D eigenvalue weighted by atomic mass is 10.0. The van der Waals surface area contributed by atoms with Crippen molar-refractivity contribution in [2.75, 3.05) is 4.90 Å². The number of hydrogen-bond acceptors (Lipinski definition) is 3. The molecule has 0 N–H and O–H groups in total. The fraction of sp³-hybridized carbons (Fsp3) is 0. The second-order valence-electron chi connectivity index (χ2n) is 13.3. The molecule has 3 nitrogen and oxygen atoms in total. The molecule has 11 aromatic rings. The summed E-state index contributed by atoms with van der Waals surface area (Å²) in [7, 11) is 0. The topological polar surface area (TPSA) is 21.3 Å². The van der Waals surface area contributed by atoms with Crippen LogP contribution in [-0.2, 0) is 0 Å². The molecule has 0 aliphatic heterocycles. The number of rotatable bonds is 5. The Labute approximate surface area is 303 Å². The maximum Gasteiger partial charge on any atom is 0.137 e. The number of para-hydroxylation sites is 3. The first-order valence-electron chi connectivity index (χ1n) is 17.6. The third-order valence-electron chi connectivity index (χ3n) is 10.4. The molecule has 0 spiro atoms. The minimum Gasteiger partial charge on any atom is -0.456 e. The highest BCUT2D eigenvalue weighted by Gasteiger charge is 2.21. The van der Waals surface area contributed by atoms with Gasteiger partial charge >= 0.3 is 0 Å². The summed E-state index contributed by atoms with van der Waals surface area (Å²) in [5.41, 5.74) is 10.9. The van der Waals surface area contributed by atoms with Crippen molar-refractivity contribution in [1.82, 2.24) is 4.57 Å². The molecular formula is C48H30N2OS. The summed E-state index contributed by atoms with van der Waals surface area (Å²) in [4.78, 5) is 2.39. The van der Waals surface area contributed by atoms with E-state index in [9.17, 15) is 0 Å². The molecule has 11 rings (SSSR count). The van der Waals surface area contributed by atoms with Gasteiger partial charge in [-0.15, -0.1) is 11.3 Å². The SMILES string of the molecule is c1ccc(-n2c3ccccc3c3ccc(N(c4ccc(-c5ccc6sc7ccccc7c6c5)cc4)c4cccc5oc6ccccc6c45)cc32)cc1. The smallest absolute Gasteiger partial charge is 0.137 e. The quantitative estimate of drug-likeness (QED) is 0.180. The van der Waals surface area contributed by atoms with E-state index in [1.54, 1.807) is 0 Å². The van der Waals surface area contributed by atoms with Crippen molar-refractivity contribution in [3.63, 3.8) is 0 Å². The molecule has 4 heteroatoms. The van der Waals surface area contributed by atoms with Gasteiger partial charge in [0.05, 0.1) is 22.1 Å². The molecule has 0 bridgehead atoms. The molecule has 3 aromatic heterocycles. The highest BCUT2D eigenvalue weighted by atomic mass is 32.1. The van der Waals surface area contributed by atoms with Crippen molar-refractivity contribution in [1.29, 1.82) is 0 Å². The zero-order valence-electron chi connectivity index (χ0n) is 28.0. The van der Waals surface area contributed by atoms with Crippen molar-refractivity contribution < 1.29 is 4.42 Å². The number of nitrogens with zero attached hydrogens (tertiary/aromatic N) is 2. The molecule has 0 saturated heterocycles. The molecule has 0 fully saturated rings. The van der Waals surface area contributed by atoms with Gasteiger partial charge in [-0.05, 0) is 90.0 Å². The van der Waals surface area contributed by atoms with E-state index in [1.165, 1.54) is 47.6 Å². The average Bonchev–Trinajstić information content (AvgIpc) is 3.88. The maximum absolute atomic E-state index is 6.41. The van der Waals surface area contributed by atoms with Crippen molar-refractivity contribution in [3.05, 3.63) is 182 Å². The van der Waals surface area contributed by atoms with Crippen molar-refractivity contribution >= 4 is 92.3 Å². The van der Waals surface area contributed by atoms with E-state index in [-0.39, 0.29) is 0 Å². The van der Waals surface area contributed by atoms with E-state index < -0.39 is 0 Å². The largest absolute Gasteiger partial charge is 0.456 e. The van der Waals surface area contributed by atoms with Crippen LogP contribution < -0.4 is 4.90 Å². The number of anilines is 3. The van der Waals surface area contributed by atoms with Gasteiger partial charge in [-0.3, -0.25) is 0 Å². The maximum atomic E-state index is 6.41. The molecule has 244 valence electrons. The van der Waals surface area contributed by atoms with Gasteiger partial charge in [0.2, 0.25) is 0 Å². The molecule has 0 unspecified atom stereocenters. The van der Waals surface area contributed by atoms with Crippen LogP contribution in [0, 0.1) is 0 Å². The van der Waals surface area contributed by atoms with Crippen LogP contribution in [0.15, 0.2) is 186 Å². The Morgan fingerprint density at radius 3 is 1.98 bits per heavy atom. The third kappa shape index (κ3) is 4.45. The van der Waals surface area contributed by atoms with Crippen LogP contribution in [0.2, 0.25) is 0 Å². The summed E-state index contributed by atoms with van der Waals surface area (Å²) in [6.45, 7) is 0. The number of aromatic nitrogens is 1.